The van der Waals surface area contributed by atoms with Gasteiger partial charge in [0.25, 0.3) is 0 Å². The summed E-state index contributed by atoms with van der Waals surface area (Å²) in [6, 6.07) is 26.6. The van der Waals surface area contributed by atoms with Gasteiger partial charge >= 0.3 is 0 Å². The molecule has 0 unspecified atom stereocenters. The third-order valence-electron chi connectivity index (χ3n) is 5.68. The van der Waals surface area contributed by atoms with Gasteiger partial charge in [0, 0.05) is 19.0 Å². The van der Waals surface area contributed by atoms with Gasteiger partial charge < -0.3 is 14.4 Å². The number of nitrogens with zero attached hydrogens (tertiary/aromatic N) is 1. The first-order valence-electron chi connectivity index (χ1n) is 12.3. The number of hydrogen-bond acceptors (Lipinski definition) is 3. The van der Waals surface area contributed by atoms with E-state index in [-0.39, 0.29) is 29.9 Å². The van der Waals surface area contributed by atoms with Crippen molar-refractivity contribution < 1.29 is 14.3 Å². The van der Waals surface area contributed by atoms with E-state index in [0.717, 1.165) is 23.5 Å². The van der Waals surface area contributed by atoms with Crippen LogP contribution in [0.4, 0.5) is 0 Å². The zero-order valence-corrected chi connectivity index (χ0v) is 21.9. The molecule has 0 aliphatic rings. The van der Waals surface area contributed by atoms with Crippen molar-refractivity contribution in [3.63, 3.8) is 0 Å². The number of rotatable bonds is 12. The topological polar surface area (TPSA) is 38.8 Å². The Morgan fingerprint density at radius 3 is 1.80 bits per heavy atom. The van der Waals surface area contributed by atoms with Crippen LogP contribution in [0.2, 0.25) is 0 Å². The molecule has 0 aliphatic heterocycles. The van der Waals surface area contributed by atoms with Crippen LogP contribution >= 0.6 is 11.6 Å². The highest BCUT2D eigenvalue weighted by molar-refractivity contribution is 6.27. The molecule has 1 amide bonds. The van der Waals surface area contributed by atoms with Gasteiger partial charge in [0.05, 0.1) is 12.2 Å². The smallest absolute Gasteiger partial charge is 0.237 e. The van der Waals surface area contributed by atoms with Gasteiger partial charge in [-0.1, -0.05) is 54.6 Å². The van der Waals surface area contributed by atoms with Crippen LogP contribution in [0.3, 0.4) is 0 Å². The highest BCUT2D eigenvalue weighted by atomic mass is 35.5. The predicted molar refractivity (Wildman–Crippen MR) is 143 cm³/mol. The Morgan fingerprint density at radius 1 is 0.771 bits per heavy atom. The molecule has 0 N–H and O–H groups in total. The molecule has 0 saturated carbocycles. The van der Waals surface area contributed by atoms with E-state index in [9.17, 15) is 4.79 Å². The van der Waals surface area contributed by atoms with Gasteiger partial charge in [-0.15, -0.1) is 11.6 Å². The van der Waals surface area contributed by atoms with Gasteiger partial charge in [-0.3, -0.25) is 4.79 Å². The lowest BCUT2D eigenvalue weighted by molar-refractivity contribution is -0.129. The van der Waals surface area contributed by atoms with Crippen LogP contribution in [0, 0.1) is 0 Å². The predicted octanol–water partition coefficient (Wildman–Crippen LogP) is 7.05. The maximum atomic E-state index is 12.7. The third kappa shape index (κ3) is 8.32. The summed E-state index contributed by atoms with van der Waals surface area (Å²) in [4.78, 5) is 14.6. The van der Waals surface area contributed by atoms with E-state index in [4.69, 9.17) is 21.1 Å². The highest BCUT2D eigenvalue weighted by Gasteiger charge is 2.19. The fourth-order valence-corrected chi connectivity index (χ4v) is 4.26. The minimum absolute atomic E-state index is 0.0359. The zero-order chi connectivity index (χ0) is 25.2. The monoisotopic (exact) mass is 493 g/mol. The lowest BCUT2D eigenvalue weighted by atomic mass is 9.88. The van der Waals surface area contributed by atoms with Gasteiger partial charge in [0.1, 0.15) is 17.4 Å². The molecule has 3 rings (SSSR count). The van der Waals surface area contributed by atoms with Gasteiger partial charge in [-0.2, -0.15) is 0 Å². The molecular formula is C30H36ClNO3. The van der Waals surface area contributed by atoms with Crippen LogP contribution in [0.25, 0.3) is 0 Å². The molecule has 0 saturated heterocycles. The standard InChI is InChI=1S/C30H36ClNO3/c1-22(2)34-27-14-10-24(11-15-27)21-32(30(33)20-31)19-18-29(25-8-6-5-7-9-25)26-12-16-28(17-13-26)35-23(3)4/h5-17,22-23,29H,18-21H2,1-4H3/t29-/m1/s1. The van der Waals surface area contributed by atoms with Crippen molar-refractivity contribution >= 4 is 17.5 Å². The van der Waals surface area contributed by atoms with Crippen molar-refractivity contribution in [2.75, 3.05) is 12.4 Å². The van der Waals surface area contributed by atoms with Crippen molar-refractivity contribution in [2.24, 2.45) is 0 Å². The number of hydrogen-bond donors (Lipinski definition) is 0. The minimum atomic E-state index is -0.0679. The summed E-state index contributed by atoms with van der Waals surface area (Å²) >= 11 is 5.98. The fourth-order valence-electron chi connectivity index (χ4n) is 4.09. The molecule has 3 aromatic carbocycles. The Morgan fingerprint density at radius 2 is 1.29 bits per heavy atom. The average molecular weight is 494 g/mol. The van der Waals surface area contributed by atoms with Crippen molar-refractivity contribution in [3.05, 3.63) is 95.6 Å². The third-order valence-corrected chi connectivity index (χ3v) is 5.91. The Kier molecular flexibility index (Phi) is 10.0. The Hall–Kier alpha value is -2.98. The number of carbonyl (C=O) groups is 1. The Labute approximate surface area is 214 Å². The van der Waals surface area contributed by atoms with Crippen molar-refractivity contribution in [3.8, 4) is 11.5 Å². The van der Waals surface area contributed by atoms with E-state index in [1.807, 2.05) is 75.1 Å². The summed E-state index contributed by atoms with van der Waals surface area (Å²) in [6.45, 7) is 9.16. The Balaban J connectivity index is 1.76. The lowest BCUT2D eigenvalue weighted by Crippen LogP contribution is -2.33. The molecular weight excluding hydrogens is 458 g/mol. The number of alkyl halides is 1. The normalized spacial score (nSPS) is 12.0. The second-order valence-electron chi connectivity index (χ2n) is 9.25. The van der Waals surface area contributed by atoms with Gasteiger partial charge in [0.2, 0.25) is 5.91 Å². The van der Waals surface area contributed by atoms with E-state index < -0.39 is 0 Å². The average Bonchev–Trinajstić information content (AvgIpc) is 2.85. The molecule has 4 nitrogen and oxygen atoms in total. The molecule has 1 atom stereocenters. The van der Waals surface area contributed by atoms with Gasteiger partial charge in [0.15, 0.2) is 0 Å². The molecule has 186 valence electrons. The SMILES string of the molecule is CC(C)Oc1ccc(CN(CC[C@H](c2ccccc2)c2ccc(OC(C)C)cc2)C(=O)CCl)cc1. The molecule has 0 aliphatic carbocycles. The molecule has 0 bridgehead atoms. The van der Waals surface area contributed by atoms with Crippen LogP contribution in [0.15, 0.2) is 78.9 Å². The highest BCUT2D eigenvalue weighted by Crippen LogP contribution is 2.30. The number of halogens is 1. The van der Waals surface area contributed by atoms with Crippen LogP contribution in [0.1, 0.15) is 56.7 Å². The number of carbonyl (C=O) groups excluding carboxylic acids is 1. The summed E-state index contributed by atoms with van der Waals surface area (Å²) in [7, 11) is 0. The molecule has 0 heterocycles. The Bertz CT molecular complexity index is 1030. The fraction of sp³-hybridized carbons (Fsp3) is 0.367. The largest absolute Gasteiger partial charge is 0.491 e. The maximum absolute atomic E-state index is 12.7. The summed E-state index contributed by atoms with van der Waals surface area (Å²) in [5.41, 5.74) is 3.46. The van der Waals surface area contributed by atoms with Crippen LogP contribution in [-0.2, 0) is 11.3 Å². The first-order chi connectivity index (χ1) is 16.9. The first-order valence-corrected chi connectivity index (χ1v) is 12.8. The molecule has 0 spiro atoms. The number of amides is 1. The molecule has 0 fully saturated rings. The summed E-state index contributed by atoms with van der Waals surface area (Å²) in [6.07, 6.45) is 1.04. The van der Waals surface area contributed by atoms with Crippen molar-refractivity contribution in [2.45, 2.75) is 58.8 Å². The van der Waals surface area contributed by atoms with Crippen LogP contribution in [0.5, 0.6) is 11.5 Å². The zero-order valence-electron chi connectivity index (χ0n) is 21.1. The van der Waals surface area contributed by atoms with Crippen molar-refractivity contribution in [1.82, 2.24) is 4.90 Å². The van der Waals surface area contributed by atoms with E-state index in [0.29, 0.717) is 13.1 Å². The summed E-state index contributed by atoms with van der Waals surface area (Å²) < 4.78 is 11.6. The quantitative estimate of drug-likeness (QED) is 0.254. The van der Waals surface area contributed by atoms with E-state index in [2.05, 4.69) is 36.4 Å². The number of benzene rings is 3. The van der Waals surface area contributed by atoms with E-state index in [1.165, 1.54) is 11.1 Å². The molecule has 5 heteroatoms. The molecule has 0 aromatic heterocycles. The summed E-state index contributed by atoms with van der Waals surface area (Å²) in [5.74, 6) is 1.73. The first kappa shape index (κ1) is 26.6. The van der Waals surface area contributed by atoms with E-state index in [1.54, 1.807) is 0 Å². The molecule has 0 radical (unpaired) electrons. The van der Waals surface area contributed by atoms with Gasteiger partial charge in [-0.05, 0) is 75.1 Å². The molecule has 3 aromatic rings. The van der Waals surface area contributed by atoms with Crippen LogP contribution in [-0.4, -0.2) is 35.4 Å². The van der Waals surface area contributed by atoms with Crippen molar-refractivity contribution in [1.29, 1.82) is 0 Å². The van der Waals surface area contributed by atoms with Crippen LogP contribution < -0.4 is 9.47 Å². The van der Waals surface area contributed by atoms with Gasteiger partial charge in [-0.25, -0.2) is 0 Å². The number of ether oxygens (including phenoxy) is 2. The second-order valence-corrected chi connectivity index (χ2v) is 9.51. The summed E-state index contributed by atoms with van der Waals surface area (Å²) in [5, 5.41) is 0. The maximum Gasteiger partial charge on any atom is 0.237 e. The minimum Gasteiger partial charge on any atom is -0.491 e. The molecule has 35 heavy (non-hydrogen) atoms. The second kappa shape index (κ2) is 13.2. The lowest BCUT2D eigenvalue weighted by Gasteiger charge is -2.26. The van der Waals surface area contributed by atoms with E-state index >= 15 is 0 Å².